The van der Waals surface area contributed by atoms with E-state index in [-0.39, 0.29) is 11.7 Å². The molecule has 4 heterocycles. The molecule has 0 bridgehead atoms. The first-order valence-electron chi connectivity index (χ1n) is 11.5. The highest BCUT2D eigenvalue weighted by atomic mass is 32.1. The van der Waals surface area contributed by atoms with Gasteiger partial charge in [0.2, 0.25) is 0 Å². The number of hydrogen-bond donors (Lipinski definition) is 1. The summed E-state index contributed by atoms with van der Waals surface area (Å²) in [6, 6.07) is 9.95. The van der Waals surface area contributed by atoms with Crippen LogP contribution in [0.3, 0.4) is 0 Å². The molecular weight excluding hydrogens is 436 g/mol. The van der Waals surface area contributed by atoms with E-state index >= 15 is 0 Å². The number of aromatic nitrogens is 2. The molecule has 0 aliphatic carbocycles. The highest BCUT2D eigenvalue weighted by Gasteiger charge is 2.21. The number of likely N-dealkylation sites (tertiary alicyclic amines) is 1. The summed E-state index contributed by atoms with van der Waals surface area (Å²) >= 11 is 1.57. The number of benzene rings is 1. The molecule has 2 aliphatic heterocycles. The molecular formula is C25H28N4O3S. The minimum Gasteiger partial charge on any atom is -0.379 e. The van der Waals surface area contributed by atoms with Gasteiger partial charge in [-0.15, -0.1) is 11.3 Å². The van der Waals surface area contributed by atoms with E-state index in [1.165, 1.54) is 0 Å². The van der Waals surface area contributed by atoms with Crippen LogP contribution in [0.15, 0.2) is 41.9 Å². The monoisotopic (exact) mass is 464 g/mol. The van der Waals surface area contributed by atoms with Gasteiger partial charge in [0.1, 0.15) is 10.7 Å². The van der Waals surface area contributed by atoms with Gasteiger partial charge < -0.3 is 14.6 Å². The third kappa shape index (κ3) is 5.24. The van der Waals surface area contributed by atoms with Crippen LogP contribution in [0.2, 0.25) is 0 Å². The van der Waals surface area contributed by atoms with Gasteiger partial charge in [-0.3, -0.25) is 14.5 Å². The molecule has 2 fully saturated rings. The van der Waals surface area contributed by atoms with E-state index in [2.05, 4.69) is 16.0 Å². The van der Waals surface area contributed by atoms with Crippen LogP contribution in [-0.4, -0.2) is 77.4 Å². The Labute approximate surface area is 197 Å². The summed E-state index contributed by atoms with van der Waals surface area (Å²) in [7, 11) is 0. The molecule has 33 heavy (non-hydrogen) atoms. The number of H-pyrrole nitrogens is 1. The van der Waals surface area contributed by atoms with Crippen molar-refractivity contribution in [1.29, 1.82) is 0 Å². The van der Waals surface area contributed by atoms with Gasteiger partial charge in [0.15, 0.2) is 5.78 Å². The fourth-order valence-electron chi connectivity index (χ4n) is 4.40. The lowest BCUT2D eigenvalue weighted by Gasteiger charge is -2.25. The van der Waals surface area contributed by atoms with Crippen LogP contribution in [-0.2, 0) is 16.0 Å². The van der Waals surface area contributed by atoms with Crippen molar-refractivity contribution in [1.82, 2.24) is 19.8 Å². The molecule has 0 spiro atoms. The van der Waals surface area contributed by atoms with Gasteiger partial charge >= 0.3 is 0 Å². The molecule has 172 valence electrons. The van der Waals surface area contributed by atoms with Crippen molar-refractivity contribution in [3.63, 3.8) is 0 Å². The standard InChI is InChI=1S/C25H28N4O3S/c30-21(16-28-8-10-32-11-9-28)13-18-4-3-5-19(12-18)24-27-23(17-33-24)20-14-22(26-15-20)25(31)29-6-1-2-7-29/h3-5,12,14-15,17,26H,1-2,6-11,13,16H2. The van der Waals surface area contributed by atoms with Gasteiger partial charge in [-0.1, -0.05) is 18.2 Å². The number of nitrogens with one attached hydrogen (secondary N) is 1. The van der Waals surface area contributed by atoms with Crippen molar-refractivity contribution in [3.8, 4) is 21.8 Å². The number of aromatic amines is 1. The second-order valence-electron chi connectivity index (χ2n) is 8.64. The summed E-state index contributed by atoms with van der Waals surface area (Å²) < 4.78 is 5.35. The highest BCUT2D eigenvalue weighted by Crippen LogP contribution is 2.30. The van der Waals surface area contributed by atoms with Crippen molar-refractivity contribution in [2.24, 2.45) is 0 Å². The molecule has 1 N–H and O–H groups in total. The topological polar surface area (TPSA) is 78.5 Å². The number of carbonyl (C=O) groups excluding carboxylic acids is 2. The Morgan fingerprint density at radius 3 is 2.70 bits per heavy atom. The fourth-order valence-corrected chi connectivity index (χ4v) is 5.23. The highest BCUT2D eigenvalue weighted by molar-refractivity contribution is 7.13. The van der Waals surface area contributed by atoms with E-state index in [0.29, 0.717) is 31.9 Å². The molecule has 0 unspecified atom stereocenters. The van der Waals surface area contributed by atoms with Crippen molar-refractivity contribution < 1.29 is 14.3 Å². The third-order valence-corrected chi connectivity index (χ3v) is 7.08. The lowest BCUT2D eigenvalue weighted by atomic mass is 10.1. The van der Waals surface area contributed by atoms with Gasteiger partial charge in [0.05, 0.1) is 25.5 Å². The number of nitrogens with zero attached hydrogens (tertiary/aromatic N) is 3. The zero-order valence-electron chi connectivity index (χ0n) is 18.6. The number of amides is 1. The maximum atomic E-state index is 12.6. The predicted octanol–water partition coefficient (Wildman–Crippen LogP) is 3.49. The van der Waals surface area contributed by atoms with Crippen LogP contribution in [0.4, 0.5) is 0 Å². The maximum Gasteiger partial charge on any atom is 0.270 e. The lowest BCUT2D eigenvalue weighted by molar-refractivity contribution is -0.120. The quantitative estimate of drug-likeness (QED) is 0.579. The SMILES string of the molecule is O=C(Cc1cccc(-c2nc(-c3c[nH]c(C(=O)N4CCCC4)c3)cs2)c1)CN1CCOCC1. The summed E-state index contributed by atoms with van der Waals surface area (Å²) in [6.45, 7) is 5.17. The van der Waals surface area contributed by atoms with Gasteiger partial charge in [-0.2, -0.15) is 0 Å². The number of hydrogen-bond acceptors (Lipinski definition) is 6. The van der Waals surface area contributed by atoms with Crippen LogP contribution < -0.4 is 0 Å². The molecule has 8 heteroatoms. The van der Waals surface area contributed by atoms with Gasteiger partial charge in [0.25, 0.3) is 5.91 Å². The summed E-state index contributed by atoms with van der Waals surface area (Å²) in [6.07, 6.45) is 4.42. The van der Waals surface area contributed by atoms with Gasteiger partial charge in [-0.25, -0.2) is 4.98 Å². The Kier molecular flexibility index (Phi) is 6.66. The average molecular weight is 465 g/mol. The largest absolute Gasteiger partial charge is 0.379 e. The molecule has 0 radical (unpaired) electrons. The zero-order valence-corrected chi connectivity index (χ0v) is 19.4. The van der Waals surface area contributed by atoms with E-state index in [4.69, 9.17) is 9.72 Å². The second-order valence-corrected chi connectivity index (χ2v) is 9.50. The summed E-state index contributed by atoms with van der Waals surface area (Å²) in [4.78, 5) is 37.1. The Morgan fingerprint density at radius 2 is 1.88 bits per heavy atom. The van der Waals surface area contributed by atoms with E-state index in [9.17, 15) is 9.59 Å². The van der Waals surface area contributed by atoms with Crippen LogP contribution >= 0.6 is 11.3 Å². The molecule has 1 amide bonds. The number of ketones is 1. The normalized spacial score (nSPS) is 16.9. The molecule has 0 atom stereocenters. The lowest BCUT2D eigenvalue weighted by Crippen LogP contribution is -2.39. The maximum absolute atomic E-state index is 12.6. The molecule has 3 aromatic rings. The summed E-state index contributed by atoms with van der Waals surface area (Å²) in [5.41, 5.74) is 4.38. The molecule has 0 saturated carbocycles. The Hall–Kier alpha value is -2.81. The van der Waals surface area contributed by atoms with Crippen LogP contribution in [0, 0.1) is 0 Å². The van der Waals surface area contributed by atoms with Crippen molar-refractivity contribution in [2.75, 3.05) is 45.9 Å². The number of Topliss-reactive ketones (excluding diaryl/α,β-unsaturated/α-hetero) is 1. The van der Waals surface area contributed by atoms with Gasteiger partial charge in [0, 0.05) is 55.3 Å². The van der Waals surface area contributed by atoms with Crippen molar-refractivity contribution >= 4 is 23.0 Å². The average Bonchev–Trinajstić information content (AvgIpc) is 3.61. The zero-order chi connectivity index (χ0) is 22.6. The third-order valence-electron chi connectivity index (χ3n) is 6.19. The summed E-state index contributed by atoms with van der Waals surface area (Å²) in [5, 5.41) is 2.92. The van der Waals surface area contributed by atoms with Crippen LogP contribution in [0.1, 0.15) is 28.9 Å². The number of ether oxygens (including phenoxy) is 1. The fraction of sp³-hybridized carbons (Fsp3) is 0.400. The number of rotatable bonds is 7. The van der Waals surface area contributed by atoms with E-state index in [0.717, 1.165) is 66.4 Å². The molecule has 1 aromatic carbocycles. The first kappa shape index (κ1) is 22.0. The molecule has 2 aliphatic rings. The van der Waals surface area contributed by atoms with Crippen LogP contribution in [0.25, 0.3) is 21.8 Å². The van der Waals surface area contributed by atoms with Crippen molar-refractivity contribution in [2.45, 2.75) is 19.3 Å². The second kappa shape index (κ2) is 9.99. The number of thiazole rings is 1. The number of carbonyl (C=O) groups is 2. The van der Waals surface area contributed by atoms with Gasteiger partial charge in [-0.05, 0) is 30.5 Å². The molecule has 5 rings (SSSR count). The smallest absolute Gasteiger partial charge is 0.270 e. The Bertz CT molecular complexity index is 1130. The molecule has 2 saturated heterocycles. The predicted molar refractivity (Wildman–Crippen MR) is 128 cm³/mol. The first-order valence-corrected chi connectivity index (χ1v) is 12.4. The van der Waals surface area contributed by atoms with Crippen LogP contribution in [0.5, 0.6) is 0 Å². The minimum atomic E-state index is 0.0589. The molecule has 7 nitrogen and oxygen atoms in total. The number of morpholine rings is 1. The van der Waals surface area contributed by atoms with Crippen molar-refractivity contribution in [3.05, 3.63) is 53.2 Å². The van der Waals surface area contributed by atoms with E-state index in [1.54, 1.807) is 11.3 Å². The van der Waals surface area contributed by atoms with E-state index in [1.807, 2.05) is 40.7 Å². The molecule has 2 aromatic heterocycles. The Morgan fingerprint density at radius 1 is 1.06 bits per heavy atom. The Balaban J connectivity index is 1.25. The van der Waals surface area contributed by atoms with E-state index < -0.39 is 0 Å². The first-order chi connectivity index (χ1) is 16.2. The summed E-state index contributed by atoms with van der Waals surface area (Å²) in [5.74, 6) is 0.278. The minimum absolute atomic E-state index is 0.0589.